The van der Waals surface area contributed by atoms with Crippen molar-refractivity contribution in [1.82, 2.24) is 40.4 Å². The predicted octanol–water partition coefficient (Wildman–Crippen LogP) is 7.27. The highest BCUT2D eigenvalue weighted by atomic mass is 16.5. The third kappa shape index (κ3) is 8.21. The lowest BCUT2D eigenvalue weighted by Crippen LogP contribution is -2.51. The van der Waals surface area contributed by atoms with E-state index in [9.17, 15) is 19.2 Å². The van der Waals surface area contributed by atoms with Gasteiger partial charge in [0.1, 0.15) is 23.3 Å². The first-order valence-corrected chi connectivity index (χ1v) is 22.1. The van der Waals surface area contributed by atoms with E-state index in [1.54, 1.807) is 43.5 Å². The van der Waals surface area contributed by atoms with Gasteiger partial charge in [-0.15, -0.1) is 0 Å². The lowest BCUT2D eigenvalue weighted by molar-refractivity contribution is -0.138. The molecule has 0 unspecified atom stereocenters. The summed E-state index contributed by atoms with van der Waals surface area (Å²) in [6.07, 6.45) is 3.21. The van der Waals surface area contributed by atoms with Gasteiger partial charge in [0.15, 0.2) is 0 Å². The Kier molecular flexibility index (Phi) is 12.1. The van der Waals surface area contributed by atoms with Gasteiger partial charge < -0.3 is 43.7 Å². The SMILES string of the molecule is COCN[C@H](C(=O)N1[C@@H](C)CC[C@H]1c1nc2c(ccc3cc4c(cc32)oc(=O)c2cc(-c3cnc([C@@H]5C[C@H](COC)CN5C(=O)[C@H](NC(=O)OC)c5ccccc5)[nH]3)ccc24)[nH]1)C(C)C. The third-order valence-electron chi connectivity index (χ3n) is 13.1. The maximum Gasteiger partial charge on any atom is 0.407 e. The zero-order chi connectivity index (χ0) is 45.5. The Balaban J connectivity index is 1.02. The van der Waals surface area contributed by atoms with Crippen molar-refractivity contribution in [2.75, 3.05) is 41.2 Å². The molecule has 0 aliphatic carbocycles. The Labute approximate surface area is 375 Å². The Morgan fingerprint density at radius 3 is 2.45 bits per heavy atom. The van der Waals surface area contributed by atoms with E-state index in [0.29, 0.717) is 47.6 Å². The summed E-state index contributed by atoms with van der Waals surface area (Å²) in [5, 5.41) is 9.65. The fourth-order valence-corrected chi connectivity index (χ4v) is 9.84. The van der Waals surface area contributed by atoms with Crippen LogP contribution >= 0.6 is 0 Å². The van der Waals surface area contributed by atoms with E-state index in [0.717, 1.165) is 56.8 Å². The van der Waals surface area contributed by atoms with Crippen LogP contribution in [0, 0.1) is 11.8 Å². The molecule has 338 valence electrons. The molecule has 65 heavy (non-hydrogen) atoms. The van der Waals surface area contributed by atoms with Crippen LogP contribution in [0.25, 0.3) is 54.8 Å². The molecule has 0 radical (unpaired) electrons. The van der Waals surface area contributed by atoms with E-state index in [2.05, 4.69) is 27.5 Å². The van der Waals surface area contributed by atoms with Gasteiger partial charge in [-0.3, -0.25) is 14.9 Å². The van der Waals surface area contributed by atoms with E-state index >= 15 is 0 Å². The number of hydrogen-bond acceptors (Lipinski definition) is 11. The molecule has 2 aliphatic heterocycles. The summed E-state index contributed by atoms with van der Waals surface area (Å²) in [5.41, 5.74) is 3.52. The second-order valence-electron chi connectivity index (χ2n) is 17.6. The normalized spacial score (nSPS) is 19.8. The first kappa shape index (κ1) is 43.6. The monoisotopic (exact) mass is 882 g/mol. The number of hydrogen-bond donors (Lipinski definition) is 4. The lowest BCUT2D eigenvalue weighted by atomic mass is 10.0. The first-order valence-electron chi connectivity index (χ1n) is 22.1. The van der Waals surface area contributed by atoms with Crippen LogP contribution in [0.5, 0.6) is 0 Å². The zero-order valence-corrected chi connectivity index (χ0v) is 37.3. The van der Waals surface area contributed by atoms with Crippen molar-refractivity contribution in [3.63, 3.8) is 0 Å². The third-order valence-corrected chi connectivity index (χ3v) is 13.1. The summed E-state index contributed by atoms with van der Waals surface area (Å²) >= 11 is 0. The highest BCUT2D eigenvalue weighted by Gasteiger charge is 2.42. The molecule has 7 aromatic rings. The van der Waals surface area contributed by atoms with E-state index in [1.165, 1.54) is 7.11 Å². The van der Waals surface area contributed by atoms with Crippen molar-refractivity contribution in [2.45, 2.75) is 70.2 Å². The number of fused-ring (bicyclic) bond motifs is 6. The number of amides is 3. The van der Waals surface area contributed by atoms with E-state index < -0.39 is 29.8 Å². The number of nitrogens with zero attached hydrogens (tertiary/aromatic N) is 4. The van der Waals surface area contributed by atoms with Gasteiger partial charge in [0.05, 0.1) is 66.9 Å². The highest BCUT2D eigenvalue weighted by molar-refractivity contribution is 6.14. The number of carbonyl (C=O) groups is 3. The number of carbonyl (C=O) groups excluding carboxylic acids is 3. The lowest BCUT2D eigenvalue weighted by Gasteiger charge is -2.33. The van der Waals surface area contributed by atoms with Gasteiger partial charge in [-0.25, -0.2) is 19.6 Å². The van der Waals surface area contributed by atoms with Crippen molar-refractivity contribution in [2.24, 2.45) is 11.8 Å². The Morgan fingerprint density at radius 2 is 1.69 bits per heavy atom. The molecule has 0 saturated carbocycles. The summed E-state index contributed by atoms with van der Waals surface area (Å²) < 4.78 is 21.7. The Bertz CT molecular complexity index is 2960. The number of aromatic amines is 2. The highest BCUT2D eigenvalue weighted by Crippen LogP contribution is 2.40. The predicted molar refractivity (Wildman–Crippen MR) is 246 cm³/mol. The molecule has 3 amide bonds. The van der Waals surface area contributed by atoms with Crippen molar-refractivity contribution < 1.29 is 33.0 Å². The van der Waals surface area contributed by atoms with Crippen LogP contribution in [-0.4, -0.2) is 101 Å². The molecular weight excluding hydrogens is 829 g/mol. The molecule has 9 rings (SSSR count). The van der Waals surface area contributed by atoms with Crippen LogP contribution in [0.2, 0.25) is 0 Å². The first-order chi connectivity index (χ1) is 31.5. The number of aromatic nitrogens is 4. The molecule has 5 heterocycles. The van der Waals surface area contributed by atoms with E-state index in [-0.39, 0.29) is 42.5 Å². The van der Waals surface area contributed by atoms with Crippen molar-refractivity contribution >= 4 is 61.5 Å². The molecule has 0 bridgehead atoms. The van der Waals surface area contributed by atoms with Crippen molar-refractivity contribution in [1.29, 1.82) is 0 Å². The minimum absolute atomic E-state index is 0.0280. The second kappa shape index (κ2) is 18.1. The maximum atomic E-state index is 14.3. The molecule has 2 aliphatic rings. The average molecular weight is 883 g/mol. The average Bonchev–Trinajstić information content (AvgIpc) is 4.14. The summed E-state index contributed by atoms with van der Waals surface area (Å²) in [6.45, 7) is 7.26. The fourth-order valence-electron chi connectivity index (χ4n) is 9.84. The molecular formula is C49H54N8O8. The standard InChI is InChI=1S/C49H54N8O8/c1-26(2)41(51-25-63-5)47(59)57-27(3)12-17-38(57)45-52-36-16-14-30-19-34-32-15-13-31(20-35(32)48(60)65-40(34)21-33(30)43(36)54-45)37-22-50-44(53-37)39-18-28(24-62-4)23-56(39)46(58)42(55-49(61)64-6)29-10-8-7-9-11-29/h7-11,13-16,19-22,26-28,38-39,41-42,51H,12,17-18,23-25H2,1-6H3,(H,50,53)(H,52,54)(H,55,61)/t27-,28-,38-,39-,41-,42+/m0/s1. The van der Waals surface area contributed by atoms with Crippen LogP contribution in [0.15, 0.2) is 88.2 Å². The summed E-state index contributed by atoms with van der Waals surface area (Å²) in [7, 11) is 4.50. The van der Waals surface area contributed by atoms with Crippen molar-refractivity contribution in [3.05, 3.63) is 107 Å². The van der Waals surface area contributed by atoms with Gasteiger partial charge in [-0.2, -0.15) is 0 Å². The van der Waals surface area contributed by atoms with Gasteiger partial charge in [-0.05, 0) is 72.7 Å². The minimum atomic E-state index is -0.979. The van der Waals surface area contributed by atoms with Gasteiger partial charge in [0.25, 0.3) is 5.91 Å². The van der Waals surface area contributed by atoms with Gasteiger partial charge in [0.2, 0.25) is 5.91 Å². The number of methoxy groups -OCH3 is 3. The van der Waals surface area contributed by atoms with Crippen LogP contribution in [-0.2, 0) is 23.8 Å². The summed E-state index contributed by atoms with van der Waals surface area (Å²) in [6, 6.07) is 20.7. The maximum absolute atomic E-state index is 14.3. The Hall–Kier alpha value is -6.62. The number of likely N-dealkylation sites (tertiary alicyclic amines) is 2. The largest absolute Gasteiger partial charge is 0.453 e. The summed E-state index contributed by atoms with van der Waals surface area (Å²) in [5.74, 6) is 1.12. The minimum Gasteiger partial charge on any atom is -0.453 e. The molecule has 16 nitrogen and oxygen atoms in total. The molecule has 2 saturated heterocycles. The molecule has 2 fully saturated rings. The topological polar surface area (TPSA) is 197 Å². The molecule has 0 spiro atoms. The van der Waals surface area contributed by atoms with Crippen LogP contribution in [0.4, 0.5) is 4.79 Å². The number of imidazole rings is 2. The van der Waals surface area contributed by atoms with Gasteiger partial charge in [0, 0.05) is 49.1 Å². The molecule has 6 atom stereocenters. The number of ether oxygens (including phenoxy) is 3. The number of alkyl carbamates (subject to hydrolysis) is 1. The van der Waals surface area contributed by atoms with Crippen LogP contribution in [0.1, 0.15) is 75.4 Å². The van der Waals surface area contributed by atoms with Gasteiger partial charge in [-0.1, -0.05) is 62.4 Å². The van der Waals surface area contributed by atoms with Crippen molar-refractivity contribution in [3.8, 4) is 11.3 Å². The Morgan fingerprint density at radius 1 is 0.877 bits per heavy atom. The fraction of sp³-hybridized carbons (Fsp3) is 0.388. The van der Waals surface area contributed by atoms with Gasteiger partial charge >= 0.3 is 11.7 Å². The summed E-state index contributed by atoms with van der Waals surface area (Å²) in [4.78, 5) is 75.1. The molecule has 4 aromatic carbocycles. The van der Waals surface area contributed by atoms with E-state index in [1.807, 2.05) is 73.3 Å². The quantitative estimate of drug-likeness (QED) is 0.0394. The zero-order valence-electron chi connectivity index (χ0n) is 37.3. The molecule has 4 N–H and O–H groups in total. The smallest absolute Gasteiger partial charge is 0.407 e. The van der Waals surface area contributed by atoms with Crippen LogP contribution in [0.3, 0.4) is 0 Å². The second-order valence-corrected chi connectivity index (χ2v) is 17.6. The number of nitrogens with one attached hydrogen (secondary N) is 4. The molecule has 16 heteroatoms. The van der Waals surface area contributed by atoms with Crippen LogP contribution < -0.4 is 16.3 Å². The molecule has 3 aromatic heterocycles. The number of benzene rings is 4. The van der Waals surface area contributed by atoms with E-state index in [4.69, 9.17) is 28.6 Å². The number of H-pyrrole nitrogens is 2. The number of rotatable bonds is 13.